The summed E-state index contributed by atoms with van der Waals surface area (Å²) in [6, 6.07) is 3.88. The first-order valence-corrected chi connectivity index (χ1v) is 10.6. The zero-order valence-electron chi connectivity index (χ0n) is 15.5. The van der Waals surface area contributed by atoms with Gasteiger partial charge in [-0.2, -0.15) is 0 Å². The molecule has 2 aromatic rings. The van der Waals surface area contributed by atoms with Gasteiger partial charge in [-0.1, -0.05) is 35.9 Å². The van der Waals surface area contributed by atoms with Crippen molar-refractivity contribution >= 4 is 44.2 Å². The Balaban J connectivity index is 1.76. The van der Waals surface area contributed by atoms with Gasteiger partial charge in [-0.05, 0) is 25.0 Å². The summed E-state index contributed by atoms with van der Waals surface area (Å²) < 4.78 is 6.38. The Morgan fingerprint density at radius 2 is 2.15 bits per heavy atom. The van der Waals surface area contributed by atoms with Crippen molar-refractivity contribution < 1.29 is 14.4 Å². The molecule has 7 heteroatoms. The number of carbonyl (C=O) groups is 1. The molecule has 0 atom stereocenters. The average Bonchev–Trinajstić information content (AvgIpc) is 3.09. The quantitative estimate of drug-likeness (QED) is 0.782. The van der Waals surface area contributed by atoms with Crippen LogP contribution < -0.4 is 9.80 Å². The number of aryl methyl sites for hydroxylation is 1. The number of quaternary nitrogens is 1. The minimum atomic E-state index is 0.150. The summed E-state index contributed by atoms with van der Waals surface area (Å²) in [5.41, 5.74) is 2.00. The lowest BCUT2D eigenvalue weighted by Crippen LogP contribution is -3.14. The third-order valence-corrected chi connectivity index (χ3v) is 6.33. The second-order valence-corrected chi connectivity index (χ2v) is 8.18. The molecule has 1 aliphatic heterocycles. The maximum absolute atomic E-state index is 12.7. The highest BCUT2D eigenvalue weighted by molar-refractivity contribution is 7.23. The van der Waals surface area contributed by atoms with Crippen LogP contribution in [0.5, 0.6) is 0 Å². The Bertz CT molecular complexity index is 720. The van der Waals surface area contributed by atoms with E-state index in [1.165, 1.54) is 11.3 Å². The lowest BCUT2D eigenvalue weighted by molar-refractivity contribution is -0.908. The summed E-state index contributed by atoms with van der Waals surface area (Å²) >= 11 is 7.87. The van der Waals surface area contributed by atoms with Gasteiger partial charge in [0, 0.05) is 19.4 Å². The molecule has 0 aliphatic carbocycles. The topological polar surface area (TPSA) is 46.9 Å². The molecule has 0 spiro atoms. The molecule has 1 saturated heterocycles. The Kier molecular flexibility index (Phi) is 6.86. The van der Waals surface area contributed by atoms with E-state index in [9.17, 15) is 4.79 Å². The van der Waals surface area contributed by atoms with E-state index in [1.54, 1.807) is 4.90 Å². The minimum absolute atomic E-state index is 0.150. The van der Waals surface area contributed by atoms with E-state index in [4.69, 9.17) is 21.3 Å². The van der Waals surface area contributed by atoms with Crippen molar-refractivity contribution in [2.75, 3.05) is 44.3 Å². The van der Waals surface area contributed by atoms with Crippen LogP contribution in [0.15, 0.2) is 12.1 Å². The van der Waals surface area contributed by atoms with Gasteiger partial charge in [-0.15, -0.1) is 0 Å². The van der Waals surface area contributed by atoms with E-state index >= 15 is 0 Å². The maximum atomic E-state index is 12.7. The van der Waals surface area contributed by atoms with E-state index in [0.29, 0.717) is 18.0 Å². The Hall–Kier alpha value is -1.21. The number of carbonyl (C=O) groups excluding carboxylic acids is 1. The number of ether oxygens (including phenoxy) is 1. The Labute approximate surface area is 163 Å². The van der Waals surface area contributed by atoms with Crippen molar-refractivity contribution in [3.05, 3.63) is 22.7 Å². The molecule has 2 heterocycles. The number of rotatable bonds is 7. The molecule has 1 aromatic carbocycles. The monoisotopic (exact) mass is 396 g/mol. The van der Waals surface area contributed by atoms with Crippen LogP contribution >= 0.6 is 22.9 Å². The fourth-order valence-corrected chi connectivity index (χ4v) is 4.64. The molecule has 26 heavy (non-hydrogen) atoms. The van der Waals surface area contributed by atoms with E-state index < -0.39 is 0 Å². The van der Waals surface area contributed by atoms with Gasteiger partial charge in [-0.25, -0.2) is 4.98 Å². The van der Waals surface area contributed by atoms with Crippen LogP contribution in [0.2, 0.25) is 5.02 Å². The second kappa shape index (κ2) is 9.13. The fourth-order valence-electron chi connectivity index (χ4n) is 3.28. The number of halogens is 1. The lowest BCUT2D eigenvalue weighted by Gasteiger charge is -2.25. The lowest BCUT2D eigenvalue weighted by atomic mass is 10.2. The third kappa shape index (κ3) is 4.55. The van der Waals surface area contributed by atoms with Gasteiger partial charge in [0.25, 0.3) is 0 Å². The van der Waals surface area contributed by atoms with Crippen molar-refractivity contribution in [3.63, 3.8) is 0 Å². The highest BCUT2D eigenvalue weighted by Gasteiger charge is 2.21. The molecular formula is C19H27ClN3O2S+. The van der Waals surface area contributed by atoms with Gasteiger partial charge in [0.1, 0.15) is 13.1 Å². The first kappa shape index (κ1) is 19.5. The van der Waals surface area contributed by atoms with E-state index in [0.717, 1.165) is 66.6 Å². The molecule has 1 N–H and O–H groups in total. The number of hydrogen-bond acceptors (Lipinski definition) is 4. The Morgan fingerprint density at radius 3 is 2.85 bits per heavy atom. The molecule has 0 bridgehead atoms. The molecule has 0 radical (unpaired) electrons. The van der Waals surface area contributed by atoms with E-state index in [1.807, 2.05) is 30.9 Å². The predicted octanol–water partition coefficient (Wildman–Crippen LogP) is 2.70. The number of aromatic nitrogens is 1. The molecule has 1 aliphatic rings. The molecule has 0 saturated carbocycles. The third-order valence-electron chi connectivity index (χ3n) is 4.79. The zero-order chi connectivity index (χ0) is 18.5. The number of nitrogens with one attached hydrogen (secondary N) is 1. The summed E-state index contributed by atoms with van der Waals surface area (Å²) in [6.45, 7) is 9.61. The minimum Gasteiger partial charge on any atom is -0.370 e. The average molecular weight is 397 g/mol. The highest BCUT2D eigenvalue weighted by Crippen LogP contribution is 2.35. The molecule has 142 valence electrons. The van der Waals surface area contributed by atoms with Crippen LogP contribution in [-0.2, 0) is 9.53 Å². The number of hydrogen-bond donors (Lipinski definition) is 1. The molecule has 0 unspecified atom stereocenters. The van der Waals surface area contributed by atoms with Crippen LogP contribution in [0, 0.1) is 6.92 Å². The number of thiazole rings is 1. The van der Waals surface area contributed by atoms with Gasteiger partial charge < -0.3 is 9.64 Å². The number of benzene rings is 1. The van der Waals surface area contributed by atoms with E-state index in [-0.39, 0.29) is 5.91 Å². The van der Waals surface area contributed by atoms with Crippen molar-refractivity contribution in [2.45, 2.75) is 33.1 Å². The first-order chi connectivity index (χ1) is 12.6. The smallest absolute Gasteiger partial charge is 0.228 e. The van der Waals surface area contributed by atoms with Crippen LogP contribution in [0.1, 0.15) is 31.7 Å². The van der Waals surface area contributed by atoms with Gasteiger partial charge in [0.15, 0.2) is 5.13 Å². The number of morpholine rings is 1. The summed E-state index contributed by atoms with van der Waals surface area (Å²) in [7, 11) is 0. The van der Waals surface area contributed by atoms with Gasteiger partial charge in [0.05, 0.1) is 35.0 Å². The van der Waals surface area contributed by atoms with Crippen molar-refractivity contribution in [1.29, 1.82) is 0 Å². The number of amides is 1. The number of anilines is 1. The van der Waals surface area contributed by atoms with Crippen molar-refractivity contribution in [1.82, 2.24) is 4.98 Å². The predicted molar refractivity (Wildman–Crippen MR) is 108 cm³/mol. The second-order valence-electron chi connectivity index (χ2n) is 6.80. The van der Waals surface area contributed by atoms with Crippen LogP contribution in [0.3, 0.4) is 0 Å². The molecule has 1 aromatic heterocycles. The van der Waals surface area contributed by atoms with Crippen LogP contribution in [0.25, 0.3) is 10.2 Å². The van der Waals surface area contributed by atoms with Crippen LogP contribution in [-0.4, -0.2) is 50.3 Å². The molecule has 5 nitrogen and oxygen atoms in total. The number of nitrogens with zero attached hydrogens (tertiary/aromatic N) is 2. The molecule has 1 amide bonds. The molecule has 1 fully saturated rings. The summed E-state index contributed by atoms with van der Waals surface area (Å²) in [5.74, 6) is 0.150. The normalized spacial score (nSPS) is 15.5. The van der Waals surface area contributed by atoms with Crippen LogP contribution in [0.4, 0.5) is 5.13 Å². The summed E-state index contributed by atoms with van der Waals surface area (Å²) in [5, 5.41) is 1.47. The summed E-state index contributed by atoms with van der Waals surface area (Å²) in [6.07, 6.45) is 2.36. The first-order valence-electron chi connectivity index (χ1n) is 9.37. The van der Waals surface area contributed by atoms with Crippen molar-refractivity contribution in [2.24, 2.45) is 0 Å². The SMILES string of the molecule is CCCC(=O)N(CCC[NH+]1CCOCC1)c1nc2c(C)ccc(Cl)c2s1. The molecular weight excluding hydrogens is 370 g/mol. The zero-order valence-corrected chi connectivity index (χ0v) is 17.1. The molecule has 3 rings (SSSR count). The highest BCUT2D eigenvalue weighted by atomic mass is 35.5. The van der Waals surface area contributed by atoms with Gasteiger partial charge >= 0.3 is 0 Å². The van der Waals surface area contributed by atoms with Gasteiger partial charge in [0.2, 0.25) is 5.91 Å². The fraction of sp³-hybridized carbons (Fsp3) is 0.579. The van der Waals surface area contributed by atoms with Gasteiger partial charge in [-0.3, -0.25) is 9.69 Å². The summed E-state index contributed by atoms with van der Waals surface area (Å²) in [4.78, 5) is 20.9. The number of fused-ring (bicyclic) bond motifs is 1. The van der Waals surface area contributed by atoms with E-state index in [2.05, 4.69) is 0 Å². The standard InChI is InChI=1S/C19H26ClN3O2S/c1-3-5-16(24)23(9-4-8-22-10-12-25-13-11-22)19-21-17-14(2)6-7-15(20)18(17)26-19/h6-7H,3-5,8-13H2,1-2H3/p+1. The maximum Gasteiger partial charge on any atom is 0.228 e. The van der Waals surface area contributed by atoms with Crippen molar-refractivity contribution in [3.8, 4) is 0 Å². The Morgan fingerprint density at radius 1 is 1.38 bits per heavy atom. The largest absolute Gasteiger partial charge is 0.370 e.